The van der Waals surface area contributed by atoms with Crippen LogP contribution >= 0.6 is 0 Å². The van der Waals surface area contributed by atoms with E-state index in [4.69, 9.17) is 5.26 Å². The van der Waals surface area contributed by atoms with Crippen molar-refractivity contribution in [3.8, 4) is 6.19 Å². The highest BCUT2D eigenvalue weighted by atomic mass is 19.3. The lowest BCUT2D eigenvalue weighted by atomic mass is 9.72. The molecule has 0 unspecified atom stereocenters. The van der Waals surface area contributed by atoms with Gasteiger partial charge in [-0.3, -0.25) is 9.69 Å². The second kappa shape index (κ2) is 7.95. The van der Waals surface area contributed by atoms with E-state index in [9.17, 15) is 18.4 Å². The van der Waals surface area contributed by atoms with Crippen LogP contribution in [-0.4, -0.2) is 77.9 Å². The number of amides is 3. The van der Waals surface area contributed by atoms with Crippen molar-refractivity contribution in [2.75, 3.05) is 33.2 Å². The third-order valence-corrected chi connectivity index (χ3v) is 7.13. The first-order valence-corrected chi connectivity index (χ1v) is 11.0. The van der Waals surface area contributed by atoms with Crippen molar-refractivity contribution in [2.24, 2.45) is 11.3 Å². The van der Waals surface area contributed by atoms with Crippen molar-refractivity contribution < 1.29 is 18.4 Å². The SMILES string of the molecule is CN(C#N)C(=O)[C@H](CC(F)(F)CC1CC1)NC(=O)N1CC2(CCN(C3CC3)CC2)C1. The zero-order chi connectivity index (χ0) is 21.5. The van der Waals surface area contributed by atoms with E-state index < -0.39 is 30.3 Å². The maximum Gasteiger partial charge on any atom is 0.318 e. The average Bonchev–Trinajstić information content (AvgIpc) is 3.58. The number of urea groups is 1. The third-order valence-electron chi connectivity index (χ3n) is 7.13. The number of halogens is 2. The lowest BCUT2D eigenvalue weighted by Crippen LogP contribution is -2.65. The number of hydrogen-bond donors (Lipinski definition) is 1. The van der Waals surface area contributed by atoms with Crippen LogP contribution in [0.25, 0.3) is 0 Å². The molecule has 0 radical (unpaired) electrons. The summed E-state index contributed by atoms with van der Waals surface area (Å²) in [6, 6.07) is -1.13. The topological polar surface area (TPSA) is 79.7 Å². The maximum atomic E-state index is 14.4. The minimum absolute atomic E-state index is 0.00287. The molecular weight excluding hydrogens is 392 g/mol. The van der Waals surface area contributed by atoms with Gasteiger partial charge in [0.1, 0.15) is 6.04 Å². The second-order valence-corrected chi connectivity index (χ2v) is 9.83. The van der Waals surface area contributed by atoms with E-state index in [0.29, 0.717) is 18.0 Å². The molecule has 0 aromatic rings. The Hall–Kier alpha value is -1.95. The second-order valence-electron chi connectivity index (χ2n) is 9.83. The summed E-state index contributed by atoms with van der Waals surface area (Å²) in [6.07, 6.45) is 6.86. The Morgan fingerprint density at radius 2 is 1.87 bits per heavy atom. The van der Waals surface area contributed by atoms with E-state index in [2.05, 4.69) is 10.2 Å². The van der Waals surface area contributed by atoms with Crippen LogP contribution in [0.2, 0.25) is 0 Å². The van der Waals surface area contributed by atoms with E-state index >= 15 is 0 Å². The van der Waals surface area contributed by atoms with Gasteiger partial charge < -0.3 is 15.1 Å². The number of nitriles is 1. The number of alkyl halides is 2. The largest absolute Gasteiger partial charge is 0.326 e. The molecule has 9 heteroatoms. The summed E-state index contributed by atoms with van der Waals surface area (Å²) in [5, 5.41) is 11.5. The third kappa shape index (κ3) is 4.85. The van der Waals surface area contributed by atoms with Crippen LogP contribution in [-0.2, 0) is 4.79 Å². The Morgan fingerprint density at radius 1 is 1.23 bits per heavy atom. The van der Waals surface area contributed by atoms with Gasteiger partial charge in [-0.1, -0.05) is 0 Å². The standard InChI is InChI=1S/C21H31F2N5O2/c1-26(14-24)18(29)17(11-21(22,23)10-15-2-3-15)25-19(30)28-12-20(13-28)6-8-27(9-7-20)16-4-5-16/h15-17H,2-13H2,1H3,(H,25,30)/t17-/m0/s1. The molecule has 1 spiro atoms. The molecule has 0 aromatic carbocycles. The fraction of sp³-hybridized carbons (Fsp3) is 0.857. The fourth-order valence-electron chi connectivity index (χ4n) is 4.88. The van der Waals surface area contributed by atoms with Gasteiger partial charge in [-0.25, -0.2) is 13.6 Å². The highest BCUT2D eigenvalue weighted by Crippen LogP contribution is 2.43. The molecule has 4 rings (SSSR count). The van der Waals surface area contributed by atoms with Crippen molar-refractivity contribution in [3.05, 3.63) is 0 Å². The Bertz CT molecular complexity index is 715. The number of carbonyl (C=O) groups excluding carboxylic acids is 2. The van der Waals surface area contributed by atoms with Gasteiger partial charge in [0.05, 0.1) is 0 Å². The molecular formula is C21H31F2N5O2. The minimum atomic E-state index is -3.04. The van der Waals surface area contributed by atoms with Crippen LogP contribution in [0.1, 0.15) is 51.4 Å². The molecule has 2 heterocycles. The number of piperidine rings is 1. The van der Waals surface area contributed by atoms with E-state index in [1.54, 1.807) is 11.1 Å². The van der Waals surface area contributed by atoms with Crippen LogP contribution in [0.5, 0.6) is 0 Å². The molecule has 2 aliphatic carbocycles. The van der Waals surface area contributed by atoms with E-state index in [1.807, 2.05) is 0 Å². The molecule has 3 amide bonds. The van der Waals surface area contributed by atoms with Crippen LogP contribution in [0.3, 0.4) is 0 Å². The summed E-state index contributed by atoms with van der Waals surface area (Å²) < 4.78 is 28.8. The number of hydrogen-bond acceptors (Lipinski definition) is 4. The highest BCUT2D eigenvalue weighted by molar-refractivity contribution is 5.88. The molecule has 0 aromatic heterocycles. The van der Waals surface area contributed by atoms with Crippen LogP contribution in [0.4, 0.5) is 13.6 Å². The van der Waals surface area contributed by atoms with Crippen molar-refractivity contribution in [3.63, 3.8) is 0 Å². The van der Waals surface area contributed by atoms with Crippen molar-refractivity contribution in [1.82, 2.24) is 20.0 Å². The molecule has 2 aliphatic heterocycles. The Labute approximate surface area is 176 Å². The Morgan fingerprint density at radius 3 is 2.40 bits per heavy atom. The molecule has 30 heavy (non-hydrogen) atoms. The molecule has 1 N–H and O–H groups in total. The molecule has 4 fully saturated rings. The first-order chi connectivity index (χ1) is 14.2. The molecule has 4 aliphatic rings. The molecule has 0 bridgehead atoms. The zero-order valence-electron chi connectivity index (χ0n) is 17.6. The molecule has 1 atom stereocenters. The van der Waals surface area contributed by atoms with Crippen molar-refractivity contribution in [2.45, 2.75) is 69.4 Å². The summed E-state index contributed by atoms with van der Waals surface area (Å²) >= 11 is 0. The maximum absolute atomic E-state index is 14.4. The number of rotatable bonds is 7. The molecule has 166 valence electrons. The van der Waals surface area contributed by atoms with Gasteiger partial charge in [0.25, 0.3) is 11.8 Å². The van der Waals surface area contributed by atoms with Gasteiger partial charge in [-0.05, 0) is 57.5 Å². The molecule has 7 nitrogen and oxygen atoms in total. The monoisotopic (exact) mass is 423 g/mol. The quantitative estimate of drug-likeness (QED) is 0.504. The van der Waals surface area contributed by atoms with E-state index in [0.717, 1.165) is 44.8 Å². The lowest BCUT2D eigenvalue weighted by molar-refractivity contribution is -0.132. The Balaban J connectivity index is 1.31. The van der Waals surface area contributed by atoms with Gasteiger partial charge in [-0.2, -0.15) is 5.26 Å². The Kier molecular flexibility index (Phi) is 5.64. The summed E-state index contributed by atoms with van der Waals surface area (Å²) in [5.74, 6) is -3.84. The van der Waals surface area contributed by atoms with Crippen LogP contribution in [0.15, 0.2) is 0 Å². The predicted octanol–water partition coefficient (Wildman–Crippen LogP) is 2.39. The van der Waals surface area contributed by atoms with E-state index in [-0.39, 0.29) is 17.8 Å². The summed E-state index contributed by atoms with van der Waals surface area (Å²) in [6.45, 7) is 3.32. The normalized spacial score (nSPS) is 24.7. The smallest absolute Gasteiger partial charge is 0.318 e. The van der Waals surface area contributed by atoms with Gasteiger partial charge in [0.2, 0.25) is 0 Å². The van der Waals surface area contributed by atoms with Gasteiger partial charge in [0.15, 0.2) is 6.19 Å². The van der Waals surface area contributed by atoms with Crippen LogP contribution in [0, 0.1) is 22.8 Å². The fourth-order valence-corrected chi connectivity index (χ4v) is 4.88. The van der Waals surface area contributed by atoms with Crippen LogP contribution < -0.4 is 5.32 Å². The number of carbonyl (C=O) groups is 2. The average molecular weight is 424 g/mol. The summed E-state index contributed by atoms with van der Waals surface area (Å²) in [4.78, 5) is 30.0. The van der Waals surface area contributed by atoms with Gasteiger partial charge >= 0.3 is 6.03 Å². The number of likely N-dealkylation sites (N-methyl/N-ethyl adjacent to an activating group) is 1. The zero-order valence-corrected chi connectivity index (χ0v) is 17.6. The number of nitrogens with zero attached hydrogens (tertiary/aromatic N) is 4. The van der Waals surface area contributed by atoms with Gasteiger partial charge in [0, 0.05) is 44.4 Å². The summed E-state index contributed by atoms with van der Waals surface area (Å²) in [5.41, 5.74) is 0.127. The van der Waals surface area contributed by atoms with Crippen molar-refractivity contribution >= 4 is 11.9 Å². The van der Waals surface area contributed by atoms with Crippen molar-refractivity contribution in [1.29, 1.82) is 5.26 Å². The highest BCUT2D eigenvalue weighted by Gasteiger charge is 2.49. The lowest BCUT2D eigenvalue weighted by Gasteiger charge is -2.54. The number of nitrogens with one attached hydrogen (secondary N) is 1. The first-order valence-electron chi connectivity index (χ1n) is 11.0. The molecule has 2 saturated heterocycles. The summed E-state index contributed by atoms with van der Waals surface area (Å²) in [7, 11) is 1.23. The molecule has 2 saturated carbocycles. The minimum Gasteiger partial charge on any atom is -0.326 e. The first kappa shape index (κ1) is 21.3. The van der Waals surface area contributed by atoms with Gasteiger partial charge in [-0.15, -0.1) is 0 Å². The number of likely N-dealkylation sites (tertiary alicyclic amines) is 2. The van der Waals surface area contributed by atoms with E-state index in [1.165, 1.54) is 19.9 Å². The predicted molar refractivity (Wildman–Crippen MR) is 105 cm³/mol.